The Balaban J connectivity index is 2.23. The molecule has 3 nitrogen and oxygen atoms in total. The molecule has 0 aromatic rings. The van der Waals surface area contributed by atoms with E-state index in [-0.39, 0.29) is 18.1 Å². The summed E-state index contributed by atoms with van der Waals surface area (Å²) in [4.78, 5) is 0. The Morgan fingerprint density at radius 2 is 2.00 bits per heavy atom. The van der Waals surface area contributed by atoms with Gasteiger partial charge in [-0.3, -0.25) is 0 Å². The van der Waals surface area contributed by atoms with E-state index in [0.717, 1.165) is 5.76 Å². The topological polar surface area (TPSA) is 38.7 Å². The lowest BCUT2D eigenvalue weighted by Crippen LogP contribution is -2.27. The van der Waals surface area contributed by atoms with E-state index in [2.05, 4.69) is 26.0 Å². The summed E-state index contributed by atoms with van der Waals surface area (Å²) in [5.41, 5.74) is 0.0127. The van der Waals surface area contributed by atoms with E-state index in [1.165, 1.54) is 0 Å². The number of rotatable bonds is 1. The van der Waals surface area contributed by atoms with Crippen LogP contribution in [0, 0.1) is 5.41 Å². The van der Waals surface area contributed by atoms with Crippen molar-refractivity contribution in [3.05, 3.63) is 35.8 Å². The number of allylic oxidation sites excluding steroid dienone is 4. The molecule has 82 valence electrons. The molecule has 3 heteroatoms. The third kappa shape index (κ3) is 2.23. The van der Waals surface area contributed by atoms with E-state index in [1.54, 1.807) is 0 Å². The molecule has 1 N–H and O–H groups in total. The summed E-state index contributed by atoms with van der Waals surface area (Å²) in [6, 6.07) is 0. The van der Waals surface area contributed by atoms with Gasteiger partial charge in [-0.1, -0.05) is 26.0 Å². The summed E-state index contributed by atoms with van der Waals surface area (Å²) < 4.78 is 11.1. The molecule has 0 fully saturated rings. The highest BCUT2D eigenvalue weighted by molar-refractivity contribution is 5.32. The Labute approximate surface area is 89.7 Å². The first-order valence-electron chi connectivity index (χ1n) is 5.14. The molecular weight excluding hydrogens is 192 g/mol. The molecule has 0 amide bonds. The summed E-state index contributed by atoms with van der Waals surface area (Å²) in [6.07, 6.45) is 7.74. The fourth-order valence-corrected chi connectivity index (χ4v) is 1.50. The first-order valence-corrected chi connectivity index (χ1v) is 5.14. The van der Waals surface area contributed by atoms with Crippen LogP contribution in [0.4, 0.5) is 0 Å². The monoisotopic (exact) mass is 208 g/mol. The SMILES string of the molecule is CC1(C)C=CC2=C(C=C1)OC(CO)CO2. The Hall–Kier alpha value is -1.22. The van der Waals surface area contributed by atoms with Gasteiger partial charge in [0.15, 0.2) is 17.6 Å². The Morgan fingerprint density at radius 1 is 1.33 bits per heavy atom. The molecule has 2 rings (SSSR count). The smallest absolute Gasteiger partial charge is 0.161 e. The number of aliphatic hydroxyl groups is 1. The molecule has 0 bridgehead atoms. The van der Waals surface area contributed by atoms with Crippen molar-refractivity contribution in [3.63, 3.8) is 0 Å². The number of aliphatic hydroxyl groups excluding tert-OH is 1. The van der Waals surface area contributed by atoms with Crippen LogP contribution in [-0.4, -0.2) is 24.4 Å². The molecular formula is C12H16O3. The molecule has 1 aliphatic heterocycles. The molecule has 2 aliphatic rings. The third-order valence-electron chi connectivity index (χ3n) is 2.49. The normalized spacial score (nSPS) is 27.8. The largest absolute Gasteiger partial charge is 0.486 e. The van der Waals surface area contributed by atoms with Crippen molar-refractivity contribution in [2.45, 2.75) is 20.0 Å². The quantitative estimate of drug-likeness (QED) is 0.713. The van der Waals surface area contributed by atoms with Gasteiger partial charge in [0.25, 0.3) is 0 Å². The highest BCUT2D eigenvalue weighted by Crippen LogP contribution is 2.29. The van der Waals surface area contributed by atoms with E-state index >= 15 is 0 Å². The van der Waals surface area contributed by atoms with Crippen LogP contribution in [0.25, 0.3) is 0 Å². The number of ether oxygens (including phenoxy) is 2. The van der Waals surface area contributed by atoms with Crippen LogP contribution < -0.4 is 0 Å². The summed E-state index contributed by atoms with van der Waals surface area (Å²) in [7, 11) is 0. The molecule has 0 aromatic heterocycles. The standard InChI is InChI=1S/C12H16O3/c1-12(2)5-3-10-11(4-6-12)15-9(7-13)8-14-10/h3-6,9,13H,7-8H2,1-2H3. The van der Waals surface area contributed by atoms with Crippen LogP contribution in [0.3, 0.4) is 0 Å². The van der Waals surface area contributed by atoms with Crippen molar-refractivity contribution < 1.29 is 14.6 Å². The van der Waals surface area contributed by atoms with Gasteiger partial charge in [0.2, 0.25) is 0 Å². The minimum atomic E-state index is -0.247. The van der Waals surface area contributed by atoms with Gasteiger partial charge in [0.05, 0.1) is 6.61 Å². The van der Waals surface area contributed by atoms with Gasteiger partial charge in [-0.2, -0.15) is 0 Å². The highest BCUT2D eigenvalue weighted by atomic mass is 16.6. The van der Waals surface area contributed by atoms with Gasteiger partial charge in [0, 0.05) is 5.41 Å². The predicted molar refractivity (Wildman–Crippen MR) is 57.0 cm³/mol. The van der Waals surface area contributed by atoms with Gasteiger partial charge in [0.1, 0.15) is 6.61 Å². The average molecular weight is 208 g/mol. The average Bonchev–Trinajstić information content (AvgIpc) is 2.38. The van der Waals surface area contributed by atoms with Gasteiger partial charge < -0.3 is 14.6 Å². The highest BCUT2D eigenvalue weighted by Gasteiger charge is 2.23. The zero-order valence-electron chi connectivity index (χ0n) is 9.06. The van der Waals surface area contributed by atoms with Gasteiger partial charge in [-0.05, 0) is 12.2 Å². The second-order valence-electron chi connectivity index (χ2n) is 4.45. The molecule has 1 aliphatic carbocycles. The van der Waals surface area contributed by atoms with Crippen LogP contribution in [0.5, 0.6) is 0 Å². The second kappa shape index (κ2) is 3.74. The summed E-state index contributed by atoms with van der Waals surface area (Å²) in [6.45, 7) is 4.62. The molecule has 0 saturated heterocycles. The van der Waals surface area contributed by atoms with Gasteiger partial charge in [-0.15, -0.1) is 0 Å². The van der Waals surface area contributed by atoms with Crippen molar-refractivity contribution in [2.24, 2.45) is 5.41 Å². The zero-order valence-corrected chi connectivity index (χ0v) is 9.06. The molecule has 0 radical (unpaired) electrons. The van der Waals surface area contributed by atoms with Gasteiger partial charge in [-0.25, -0.2) is 0 Å². The molecule has 0 aromatic carbocycles. The van der Waals surface area contributed by atoms with Crippen molar-refractivity contribution in [2.75, 3.05) is 13.2 Å². The lowest BCUT2D eigenvalue weighted by molar-refractivity contribution is -0.0212. The zero-order chi connectivity index (χ0) is 10.9. The van der Waals surface area contributed by atoms with Crippen LogP contribution in [0.2, 0.25) is 0 Å². The van der Waals surface area contributed by atoms with Crippen molar-refractivity contribution in [3.8, 4) is 0 Å². The molecule has 1 heterocycles. The van der Waals surface area contributed by atoms with Gasteiger partial charge >= 0.3 is 0 Å². The molecule has 0 spiro atoms. The minimum absolute atomic E-state index is 0.0127. The maximum Gasteiger partial charge on any atom is 0.161 e. The van der Waals surface area contributed by atoms with Crippen LogP contribution >= 0.6 is 0 Å². The lowest BCUT2D eigenvalue weighted by atomic mass is 9.93. The second-order valence-corrected chi connectivity index (χ2v) is 4.45. The fraction of sp³-hybridized carbons (Fsp3) is 0.500. The summed E-state index contributed by atoms with van der Waals surface area (Å²) in [5.74, 6) is 1.46. The van der Waals surface area contributed by atoms with Crippen LogP contribution in [0.1, 0.15) is 13.8 Å². The Morgan fingerprint density at radius 3 is 2.67 bits per heavy atom. The fourth-order valence-electron chi connectivity index (χ4n) is 1.50. The van der Waals surface area contributed by atoms with Crippen LogP contribution in [-0.2, 0) is 9.47 Å². The van der Waals surface area contributed by atoms with E-state index < -0.39 is 0 Å². The summed E-state index contributed by atoms with van der Waals surface area (Å²) >= 11 is 0. The first kappa shape index (κ1) is 10.3. The minimum Gasteiger partial charge on any atom is -0.486 e. The first-order chi connectivity index (χ1) is 7.11. The van der Waals surface area contributed by atoms with Crippen molar-refractivity contribution in [1.29, 1.82) is 0 Å². The maximum absolute atomic E-state index is 8.98. The van der Waals surface area contributed by atoms with E-state index in [4.69, 9.17) is 14.6 Å². The van der Waals surface area contributed by atoms with E-state index in [0.29, 0.717) is 12.4 Å². The Bertz CT molecular complexity index is 337. The molecule has 0 saturated carbocycles. The number of hydrogen-bond donors (Lipinski definition) is 1. The molecule has 1 unspecified atom stereocenters. The Kier molecular flexibility index (Phi) is 2.57. The van der Waals surface area contributed by atoms with Crippen molar-refractivity contribution >= 4 is 0 Å². The molecule has 1 atom stereocenters. The van der Waals surface area contributed by atoms with Crippen LogP contribution in [0.15, 0.2) is 35.8 Å². The lowest BCUT2D eigenvalue weighted by Gasteiger charge is -2.24. The summed E-state index contributed by atoms with van der Waals surface area (Å²) in [5, 5.41) is 8.98. The predicted octanol–water partition coefficient (Wildman–Crippen LogP) is 1.76. The number of hydrogen-bond acceptors (Lipinski definition) is 3. The van der Waals surface area contributed by atoms with E-state index in [9.17, 15) is 0 Å². The van der Waals surface area contributed by atoms with E-state index in [1.807, 2.05) is 12.2 Å². The maximum atomic E-state index is 8.98. The third-order valence-corrected chi connectivity index (χ3v) is 2.49. The van der Waals surface area contributed by atoms with Crippen molar-refractivity contribution in [1.82, 2.24) is 0 Å². The molecule has 15 heavy (non-hydrogen) atoms.